The summed E-state index contributed by atoms with van der Waals surface area (Å²) in [5, 5.41) is 13.1. The first-order valence-electron chi connectivity index (χ1n) is 7.00. The molecule has 2 fully saturated rings. The third kappa shape index (κ3) is 4.63. The molecule has 2 N–H and O–H groups in total. The van der Waals surface area contributed by atoms with Crippen molar-refractivity contribution in [1.29, 1.82) is 0 Å². The Bertz CT molecular complexity index is 306. The van der Waals surface area contributed by atoms with Crippen LogP contribution < -0.4 is 5.32 Å². The van der Waals surface area contributed by atoms with Gasteiger partial charge in [-0.2, -0.15) is 11.8 Å². The molecule has 0 aromatic rings. The van der Waals surface area contributed by atoms with Crippen LogP contribution in [0.2, 0.25) is 0 Å². The van der Waals surface area contributed by atoms with Crippen molar-refractivity contribution in [1.82, 2.24) is 15.1 Å². The first-order valence-corrected chi connectivity index (χ1v) is 8.16. The number of hydrogen-bond acceptors (Lipinski definition) is 5. The zero-order valence-corrected chi connectivity index (χ0v) is 12.7. The molecule has 2 heterocycles. The summed E-state index contributed by atoms with van der Waals surface area (Å²) in [6.07, 6.45) is 0. The van der Waals surface area contributed by atoms with Crippen molar-refractivity contribution in [3.8, 4) is 0 Å². The van der Waals surface area contributed by atoms with E-state index in [4.69, 9.17) is 0 Å². The number of piperazine rings is 1. The van der Waals surface area contributed by atoms with Gasteiger partial charge in [0.05, 0.1) is 11.6 Å². The Balaban J connectivity index is 1.77. The van der Waals surface area contributed by atoms with Crippen LogP contribution in [0.15, 0.2) is 0 Å². The Morgan fingerprint density at radius 3 is 2.58 bits per heavy atom. The van der Waals surface area contributed by atoms with E-state index < -0.39 is 5.60 Å². The van der Waals surface area contributed by atoms with Crippen molar-refractivity contribution in [2.75, 3.05) is 50.8 Å². The molecule has 2 aliphatic heterocycles. The van der Waals surface area contributed by atoms with Gasteiger partial charge in [0.1, 0.15) is 0 Å². The van der Waals surface area contributed by atoms with Gasteiger partial charge in [-0.05, 0) is 13.8 Å². The molecule has 0 aromatic heterocycles. The molecule has 2 aliphatic rings. The SMILES string of the molecule is CC(C)(O)CN1CCN(C(=O)C2CSCCN2)CC1. The number of rotatable bonds is 3. The Kier molecular flexibility index (Phi) is 5.11. The fraction of sp³-hybridized carbons (Fsp3) is 0.923. The van der Waals surface area contributed by atoms with Crippen molar-refractivity contribution < 1.29 is 9.90 Å². The molecule has 0 radical (unpaired) electrons. The molecule has 2 rings (SSSR count). The van der Waals surface area contributed by atoms with Gasteiger partial charge in [-0.25, -0.2) is 0 Å². The Labute approximate surface area is 119 Å². The van der Waals surface area contributed by atoms with Crippen LogP contribution in [0.4, 0.5) is 0 Å². The average Bonchev–Trinajstić information content (AvgIpc) is 2.38. The number of carbonyl (C=O) groups is 1. The minimum Gasteiger partial charge on any atom is -0.389 e. The maximum atomic E-state index is 12.3. The Hall–Kier alpha value is -0.300. The second kappa shape index (κ2) is 6.43. The Morgan fingerprint density at radius 1 is 1.37 bits per heavy atom. The normalized spacial score (nSPS) is 26.5. The fourth-order valence-corrected chi connectivity index (χ4v) is 3.54. The number of nitrogens with zero attached hydrogens (tertiary/aromatic N) is 2. The number of hydrogen-bond donors (Lipinski definition) is 2. The van der Waals surface area contributed by atoms with Crippen LogP contribution in [0.25, 0.3) is 0 Å². The highest BCUT2D eigenvalue weighted by molar-refractivity contribution is 7.99. The van der Waals surface area contributed by atoms with E-state index in [-0.39, 0.29) is 11.9 Å². The molecule has 0 aliphatic carbocycles. The zero-order valence-electron chi connectivity index (χ0n) is 11.9. The smallest absolute Gasteiger partial charge is 0.240 e. The molecule has 1 unspecified atom stereocenters. The molecule has 6 heteroatoms. The molecule has 110 valence electrons. The number of carbonyl (C=O) groups excluding carboxylic acids is 1. The van der Waals surface area contributed by atoms with Crippen LogP contribution in [-0.4, -0.2) is 83.2 Å². The van der Waals surface area contributed by atoms with Gasteiger partial charge in [-0.1, -0.05) is 0 Å². The molecular weight excluding hydrogens is 262 g/mol. The van der Waals surface area contributed by atoms with Crippen LogP contribution in [0.5, 0.6) is 0 Å². The summed E-state index contributed by atoms with van der Waals surface area (Å²) in [5.41, 5.74) is -0.659. The molecule has 0 spiro atoms. The van der Waals surface area contributed by atoms with Gasteiger partial charge >= 0.3 is 0 Å². The first-order chi connectivity index (χ1) is 8.96. The van der Waals surface area contributed by atoms with Crippen molar-refractivity contribution in [3.05, 3.63) is 0 Å². The van der Waals surface area contributed by atoms with E-state index in [1.807, 2.05) is 30.5 Å². The molecule has 0 aromatic carbocycles. The summed E-state index contributed by atoms with van der Waals surface area (Å²) in [4.78, 5) is 16.5. The van der Waals surface area contributed by atoms with Crippen molar-refractivity contribution >= 4 is 17.7 Å². The summed E-state index contributed by atoms with van der Waals surface area (Å²) in [6.45, 7) is 8.52. The number of thioether (sulfide) groups is 1. The standard InChI is InChI=1S/C13H25N3O2S/c1-13(2,18)10-15-4-6-16(7-5-15)12(17)11-9-19-8-3-14-11/h11,14,18H,3-10H2,1-2H3. The highest BCUT2D eigenvalue weighted by Crippen LogP contribution is 2.13. The molecule has 1 amide bonds. The van der Waals surface area contributed by atoms with E-state index in [1.165, 1.54) is 0 Å². The number of amides is 1. The molecule has 19 heavy (non-hydrogen) atoms. The number of nitrogens with one attached hydrogen (secondary N) is 1. The monoisotopic (exact) mass is 287 g/mol. The number of aliphatic hydroxyl groups is 1. The predicted octanol–water partition coefficient (Wildman–Crippen LogP) is -0.393. The summed E-state index contributed by atoms with van der Waals surface area (Å²) in [6, 6.07) is -0.000386. The molecule has 1 atom stereocenters. The largest absolute Gasteiger partial charge is 0.389 e. The topological polar surface area (TPSA) is 55.8 Å². The molecule has 5 nitrogen and oxygen atoms in total. The van der Waals surface area contributed by atoms with Crippen LogP contribution in [-0.2, 0) is 4.79 Å². The zero-order chi connectivity index (χ0) is 13.9. The summed E-state index contributed by atoms with van der Waals surface area (Å²) in [7, 11) is 0. The minimum absolute atomic E-state index is 0.000386. The van der Waals surface area contributed by atoms with Crippen LogP contribution >= 0.6 is 11.8 Å². The van der Waals surface area contributed by atoms with Gasteiger partial charge in [-0.15, -0.1) is 0 Å². The predicted molar refractivity (Wildman–Crippen MR) is 78.4 cm³/mol. The molecule has 0 bridgehead atoms. The lowest BCUT2D eigenvalue weighted by Gasteiger charge is -2.39. The third-order valence-corrected chi connectivity index (χ3v) is 4.58. The van der Waals surface area contributed by atoms with Crippen LogP contribution in [0.1, 0.15) is 13.8 Å². The van der Waals surface area contributed by atoms with Crippen LogP contribution in [0, 0.1) is 0 Å². The molecule has 2 saturated heterocycles. The maximum Gasteiger partial charge on any atom is 0.240 e. The fourth-order valence-electron chi connectivity index (χ4n) is 2.62. The van der Waals surface area contributed by atoms with Gasteiger partial charge in [0.25, 0.3) is 0 Å². The molecular formula is C13H25N3O2S. The minimum atomic E-state index is -0.659. The van der Waals surface area contributed by atoms with Gasteiger partial charge in [-0.3, -0.25) is 9.69 Å². The van der Waals surface area contributed by atoms with E-state index in [0.29, 0.717) is 6.54 Å². The van der Waals surface area contributed by atoms with Crippen molar-refractivity contribution in [3.63, 3.8) is 0 Å². The summed E-state index contributed by atoms with van der Waals surface area (Å²) in [5.74, 6) is 2.24. The third-order valence-electron chi connectivity index (χ3n) is 3.51. The van der Waals surface area contributed by atoms with Crippen LogP contribution in [0.3, 0.4) is 0 Å². The second-order valence-electron chi connectivity index (χ2n) is 6.00. The summed E-state index contributed by atoms with van der Waals surface area (Å²) < 4.78 is 0. The van der Waals surface area contributed by atoms with Crippen molar-refractivity contribution in [2.45, 2.75) is 25.5 Å². The van der Waals surface area contributed by atoms with E-state index >= 15 is 0 Å². The first kappa shape index (κ1) is 15.1. The number of β-amino-alcohol motifs (C(OH)–C–C–N with tert-alkyl or cyclic N) is 1. The lowest BCUT2D eigenvalue weighted by atomic mass is 10.1. The van der Waals surface area contributed by atoms with E-state index in [1.54, 1.807) is 0 Å². The van der Waals surface area contributed by atoms with E-state index in [2.05, 4.69) is 10.2 Å². The van der Waals surface area contributed by atoms with Gasteiger partial charge < -0.3 is 15.3 Å². The highest BCUT2D eigenvalue weighted by atomic mass is 32.2. The van der Waals surface area contributed by atoms with E-state index in [0.717, 1.165) is 44.2 Å². The van der Waals surface area contributed by atoms with Gasteiger partial charge in [0, 0.05) is 50.8 Å². The average molecular weight is 287 g/mol. The van der Waals surface area contributed by atoms with E-state index in [9.17, 15) is 9.90 Å². The Morgan fingerprint density at radius 2 is 2.05 bits per heavy atom. The molecule has 0 saturated carbocycles. The summed E-state index contributed by atoms with van der Waals surface area (Å²) >= 11 is 1.85. The van der Waals surface area contributed by atoms with Gasteiger partial charge in [0.2, 0.25) is 5.91 Å². The van der Waals surface area contributed by atoms with Crippen molar-refractivity contribution in [2.24, 2.45) is 0 Å². The second-order valence-corrected chi connectivity index (χ2v) is 7.15. The quantitative estimate of drug-likeness (QED) is 0.740. The lowest BCUT2D eigenvalue weighted by molar-refractivity contribution is -0.135. The maximum absolute atomic E-state index is 12.3. The highest BCUT2D eigenvalue weighted by Gasteiger charge is 2.29. The lowest BCUT2D eigenvalue weighted by Crippen LogP contribution is -2.57. The van der Waals surface area contributed by atoms with Gasteiger partial charge in [0.15, 0.2) is 0 Å².